The Morgan fingerprint density at radius 2 is 1.89 bits per heavy atom. The van der Waals surface area contributed by atoms with Crippen molar-refractivity contribution in [1.29, 1.82) is 0 Å². The summed E-state index contributed by atoms with van der Waals surface area (Å²) in [5.74, 6) is -1.01. The number of Topliss-reactive ketones (excluding diaryl/α,β-unsaturated/α-hetero) is 1. The summed E-state index contributed by atoms with van der Waals surface area (Å²) in [6.07, 6.45) is 1.52. The smallest absolute Gasteiger partial charge is 0.288 e. The predicted molar refractivity (Wildman–Crippen MR) is 37.6 cm³/mol. The molecule has 0 aromatic carbocycles. The molecule has 1 amide bonds. The van der Waals surface area contributed by atoms with Crippen molar-refractivity contribution in [2.45, 2.75) is 6.42 Å². The molecule has 0 radical (unpaired) electrons. The van der Waals surface area contributed by atoms with Gasteiger partial charge in [0.25, 0.3) is 0 Å². The molecule has 0 atom stereocenters. The molecular formula is C4H5Cl2NO2. The van der Waals surface area contributed by atoms with Crippen LogP contribution in [0.5, 0.6) is 0 Å². The Kier molecular flexibility index (Phi) is 5.66. The predicted octanol–water partition coefficient (Wildman–Crippen LogP) is 0.400. The highest BCUT2D eigenvalue weighted by Crippen LogP contribution is 1.91. The van der Waals surface area contributed by atoms with Crippen molar-refractivity contribution in [1.82, 2.24) is 0 Å². The van der Waals surface area contributed by atoms with Crippen molar-refractivity contribution in [3.8, 4) is 0 Å². The monoisotopic (exact) mass is 169 g/mol. The molecule has 5 heteroatoms. The lowest BCUT2D eigenvalue weighted by Gasteiger charge is -1.71. The largest absolute Gasteiger partial charge is 0.313 e. The summed E-state index contributed by atoms with van der Waals surface area (Å²) in [5.41, 5.74) is 0. The Morgan fingerprint density at radius 1 is 1.33 bits per heavy atom. The summed E-state index contributed by atoms with van der Waals surface area (Å²) in [4.78, 5) is 23.3. The number of amides is 1. The summed E-state index contributed by atoms with van der Waals surface area (Å²) in [7, 11) is 0. The number of aliphatic imine (C=N–C) groups is 1. The fourth-order valence-electron chi connectivity index (χ4n) is 0.371. The van der Waals surface area contributed by atoms with Crippen LogP contribution in [0.4, 0.5) is 0 Å². The van der Waals surface area contributed by atoms with E-state index in [0.29, 0.717) is 0 Å². The van der Waals surface area contributed by atoms with Crippen molar-refractivity contribution in [2.75, 3.05) is 0 Å². The van der Waals surface area contributed by atoms with Crippen molar-refractivity contribution >= 4 is 42.7 Å². The van der Waals surface area contributed by atoms with Gasteiger partial charge in [-0.25, -0.2) is 4.99 Å². The number of hydrogen-bond acceptors (Lipinski definition) is 2. The van der Waals surface area contributed by atoms with Crippen LogP contribution in [-0.4, -0.2) is 17.9 Å². The summed E-state index contributed by atoms with van der Waals surface area (Å²) in [5, 5.41) is 0. The molecule has 0 N–H and O–H groups in total. The standard InChI is InChI=1S/C4H3NO2.2ClH/c6-3-1-2-5-4(3)7;;/h2H,1H2;2*1H. The Morgan fingerprint density at radius 3 is 2.00 bits per heavy atom. The summed E-state index contributed by atoms with van der Waals surface area (Å²) in [6, 6.07) is 0. The van der Waals surface area contributed by atoms with E-state index in [2.05, 4.69) is 4.99 Å². The number of halogens is 2. The normalized spacial score (nSPS) is 14.7. The molecule has 0 fully saturated rings. The minimum absolute atomic E-state index is 0. The molecule has 0 bridgehead atoms. The van der Waals surface area contributed by atoms with Gasteiger partial charge in [0.1, 0.15) is 0 Å². The maximum atomic E-state index is 10.1. The first-order valence-electron chi connectivity index (χ1n) is 1.90. The van der Waals surface area contributed by atoms with Crippen molar-refractivity contribution < 1.29 is 9.59 Å². The van der Waals surface area contributed by atoms with Gasteiger partial charge in [-0.15, -0.1) is 24.8 Å². The number of nitrogens with zero attached hydrogens (tertiary/aromatic N) is 1. The van der Waals surface area contributed by atoms with E-state index in [1.54, 1.807) is 0 Å². The first-order valence-corrected chi connectivity index (χ1v) is 1.90. The van der Waals surface area contributed by atoms with Crippen LogP contribution in [0.3, 0.4) is 0 Å². The second kappa shape index (κ2) is 4.47. The lowest BCUT2D eigenvalue weighted by atomic mass is 10.3. The molecular weight excluding hydrogens is 165 g/mol. The van der Waals surface area contributed by atoms with E-state index in [-0.39, 0.29) is 31.2 Å². The second-order valence-electron chi connectivity index (χ2n) is 1.24. The van der Waals surface area contributed by atoms with Gasteiger partial charge in [0.05, 0.1) is 6.42 Å². The first-order chi connectivity index (χ1) is 3.30. The minimum atomic E-state index is -0.611. The van der Waals surface area contributed by atoms with Crippen molar-refractivity contribution in [3.05, 3.63) is 0 Å². The Bertz CT molecular complexity index is 155. The minimum Gasteiger partial charge on any atom is -0.288 e. The molecule has 0 saturated heterocycles. The highest BCUT2D eigenvalue weighted by Gasteiger charge is 2.14. The van der Waals surface area contributed by atoms with E-state index in [9.17, 15) is 9.59 Å². The van der Waals surface area contributed by atoms with Crippen LogP contribution in [0.1, 0.15) is 6.42 Å². The Balaban J connectivity index is 0. The number of hydrogen-bond donors (Lipinski definition) is 0. The number of carbonyl (C=O) groups is 2. The van der Waals surface area contributed by atoms with Crippen LogP contribution in [0.15, 0.2) is 4.99 Å². The molecule has 0 aromatic heterocycles. The van der Waals surface area contributed by atoms with E-state index in [1.165, 1.54) is 6.21 Å². The summed E-state index contributed by atoms with van der Waals surface area (Å²) in [6.45, 7) is 0. The van der Waals surface area contributed by atoms with Gasteiger partial charge >= 0.3 is 5.91 Å². The van der Waals surface area contributed by atoms with E-state index in [4.69, 9.17) is 0 Å². The molecule has 0 saturated carbocycles. The van der Waals surface area contributed by atoms with E-state index in [1.807, 2.05) is 0 Å². The molecule has 52 valence electrons. The third kappa shape index (κ3) is 2.58. The van der Waals surface area contributed by atoms with E-state index in [0.717, 1.165) is 0 Å². The van der Waals surface area contributed by atoms with Crippen molar-refractivity contribution in [2.24, 2.45) is 4.99 Å². The van der Waals surface area contributed by atoms with Gasteiger partial charge < -0.3 is 0 Å². The number of rotatable bonds is 0. The lowest BCUT2D eigenvalue weighted by Crippen LogP contribution is -2.02. The summed E-state index contributed by atoms with van der Waals surface area (Å²) < 4.78 is 0. The molecule has 1 aliphatic heterocycles. The maximum absolute atomic E-state index is 10.1. The van der Waals surface area contributed by atoms with Gasteiger partial charge in [0.2, 0.25) is 5.78 Å². The van der Waals surface area contributed by atoms with Gasteiger partial charge in [-0.05, 0) is 0 Å². The SMILES string of the molecule is Cl.Cl.O=C1CC=NC1=O. The number of carbonyl (C=O) groups excluding carboxylic acids is 2. The second-order valence-corrected chi connectivity index (χ2v) is 1.24. The first kappa shape index (κ1) is 11.4. The molecule has 1 aliphatic rings. The highest BCUT2D eigenvalue weighted by atomic mass is 35.5. The van der Waals surface area contributed by atoms with Crippen LogP contribution in [-0.2, 0) is 9.59 Å². The average Bonchev–Trinajstić information content (AvgIpc) is 1.91. The van der Waals surface area contributed by atoms with E-state index < -0.39 is 11.7 Å². The van der Waals surface area contributed by atoms with Gasteiger partial charge in [-0.3, -0.25) is 9.59 Å². The highest BCUT2D eigenvalue weighted by molar-refractivity contribution is 6.43. The topological polar surface area (TPSA) is 46.5 Å². The molecule has 1 heterocycles. The zero-order chi connectivity index (χ0) is 5.28. The molecule has 0 spiro atoms. The Labute approximate surface area is 64.4 Å². The van der Waals surface area contributed by atoms with Crippen LogP contribution in [0.25, 0.3) is 0 Å². The quantitative estimate of drug-likeness (QED) is 0.494. The molecule has 9 heavy (non-hydrogen) atoms. The zero-order valence-electron chi connectivity index (χ0n) is 4.36. The van der Waals surface area contributed by atoms with Crippen LogP contribution < -0.4 is 0 Å². The molecule has 0 unspecified atom stereocenters. The summed E-state index contributed by atoms with van der Waals surface area (Å²) >= 11 is 0. The van der Waals surface area contributed by atoms with Crippen molar-refractivity contribution in [3.63, 3.8) is 0 Å². The third-order valence-corrected chi connectivity index (χ3v) is 0.724. The van der Waals surface area contributed by atoms with Gasteiger partial charge in [0.15, 0.2) is 0 Å². The van der Waals surface area contributed by atoms with Crippen LogP contribution in [0.2, 0.25) is 0 Å². The Hall–Kier alpha value is -0.410. The molecule has 0 aromatic rings. The van der Waals surface area contributed by atoms with Gasteiger partial charge in [0, 0.05) is 6.21 Å². The van der Waals surface area contributed by atoms with Gasteiger partial charge in [-0.1, -0.05) is 0 Å². The van der Waals surface area contributed by atoms with E-state index >= 15 is 0 Å². The maximum Gasteiger partial charge on any atom is 0.313 e. The van der Waals surface area contributed by atoms with Gasteiger partial charge in [-0.2, -0.15) is 0 Å². The third-order valence-electron chi connectivity index (χ3n) is 0.724. The molecule has 1 rings (SSSR count). The molecule has 0 aliphatic carbocycles. The van der Waals surface area contributed by atoms with Crippen LogP contribution in [0, 0.1) is 0 Å². The zero-order valence-corrected chi connectivity index (χ0v) is 6.00. The fraction of sp³-hybridized carbons (Fsp3) is 0.250. The lowest BCUT2D eigenvalue weighted by molar-refractivity contribution is -0.134. The van der Waals surface area contributed by atoms with Crippen LogP contribution >= 0.6 is 24.8 Å². The fourth-order valence-corrected chi connectivity index (χ4v) is 0.371. The average molecular weight is 170 g/mol. The molecule has 3 nitrogen and oxygen atoms in total. The number of ketones is 1.